The van der Waals surface area contributed by atoms with E-state index in [1.165, 1.54) is 27.3 Å². The monoisotopic (exact) mass is 334 g/mol. The molecule has 3 rings (SSSR count). The van der Waals surface area contributed by atoms with Crippen LogP contribution in [0.5, 0.6) is 11.5 Å². The Morgan fingerprint density at radius 3 is 2.46 bits per heavy atom. The first-order valence-corrected chi connectivity index (χ1v) is 6.99. The van der Waals surface area contributed by atoms with Crippen LogP contribution in [0.3, 0.4) is 0 Å². The third-order valence-corrected chi connectivity index (χ3v) is 4.04. The van der Waals surface area contributed by atoms with Crippen LogP contribution < -0.4 is 14.8 Å². The van der Waals surface area contributed by atoms with Crippen molar-refractivity contribution in [2.24, 2.45) is 5.92 Å². The fourth-order valence-corrected chi connectivity index (χ4v) is 2.83. The van der Waals surface area contributed by atoms with E-state index in [1.807, 2.05) is 0 Å². The zero-order valence-corrected chi connectivity index (χ0v) is 13.1. The fraction of sp³-hybridized carbons (Fsp3) is 0.333. The zero-order chi connectivity index (χ0) is 17.6. The lowest BCUT2D eigenvalue weighted by Crippen LogP contribution is -2.57. The first-order valence-electron chi connectivity index (χ1n) is 6.99. The van der Waals surface area contributed by atoms with Crippen molar-refractivity contribution in [1.29, 1.82) is 0 Å². The number of barbiturate groups is 1. The number of ether oxygens (including phenoxy) is 3. The van der Waals surface area contributed by atoms with Crippen molar-refractivity contribution in [1.82, 2.24) is 10.2 Å². The molecule has 1 saturated heterocycles. The van der Waals surface area contributed by atoms with Crippen LogP contribution in [0.25, 0.3) is 0 Å². The average Bonchev–Trinajstić information content (AvgIpc) is 2.88. The van der Waals surface area contributed by atoms with Crippen molar-refractivity contribution < 1.29 is 33.4 Å². The molecule has 4 amide bonds. The Kier molecular flexibility index (Phi) is 3.63. The summed E-state index contributed by atoms with van der Waals surface area (Å²) in [6, 6.07) is 2.26. The summed E-state index contributed by atoms with van der Waals surface area (Å²) in [6.07, 6.45) is -1.14. The Bertz CT molecular complexity index is 773. The number of hydrogen-bond acceptors (Lipinski definition) is 7. The Morgan fingerprint density at radius 2 is 1.83 bits per heavy atom. The van der Waals surface area contributed by atoms with Crippen LogP contribution in [-0.2, 0) is 14.3 Å². The van der Waals surface area contributed by atoms with Gasteiger partial charge in [-0.25, -0.2) is 9.59 Å². The van der Waals surface area contributed by atoms with Gasteiger partial charge in [0, 0.05) is 12.6 Å². The van der Waals surface area contributed by atoms with Gasteiger partial charge in [-0.3, -0.25) is 19.8 Å². The van der Waals surface area contributed by atoms with Gasteiger partial charge in [0.2, 0.25) is 11.8 Å². The molecule has 2 atom stereocenters. The number of methoxy groups -OCH3 is 2. The maximum Gasteiger partial charge on any atom is 0.343 e. The lowest BCUT2D eigenvalue weighted by atomic mass is 9.91. The molecular formula is C15H14N2O7. The predicted octanol–water partition coefficient (Wildman–Crippen LogP) is 0.240. The second-order valence-electron chi connectivity index (χ2n) is 5.26. The zero-order valence-electron chi connectivity index (χ0n) is 13.1. The minimum atomic E-state index is -1.35. The van der Waals surface area contributed by atoms with E-state index in [2.05, 4.69) is 5.32 Å². The van der Waals surface area contributed by atoms with E-state index in [9.17, 15) is 19.2 Å². The van der Waals surface area contributed by atoms with E-state index in [1.54, 1.807) is 6.07 Å². The maximum absolute atomic E-state index is 12.3. The first kappa shape index (κ1) is 15.8. The van der Waals surface area contributed by atoms with E-state index >= 15 is 0 Å². The van der Waals surface area contributed by atoms with Crippen molar-refractivity contribution in [3.05, 3.63) is 23.3 Å². The van der Waals surface area contributed by atoms with Crippen LogP contribution >= 0.6 is 0 Å². The second kappa shape index (κ2) is 5.52. The molecule has 0 saturated carbocycles. The van der Waals surface area contributed by atoms with Gasteiger partial charge in [-0.05, 0) is 6.07 Å². The highest BCUT2D eigenvalue weighted by Crippen LogP contribution is 2.45. The number of imide groups is 2. The number of carbonyl (C=O) groups excluding carboxylic acids is 4. The molecule has 1 fully saturated rings. The Hall–Kier alpha value is -3.10. The highest BCUT2D eigenvalue weighted by atomic mass is 16.6. The summed E-state index contributed by atoms with van der Waals surface area (Å²) in [6.45, 7) is 0. The topological polar surface area (TPSA) is 111 Å². The van der Waals surface area contributed by atoms with Gasteiger partial charge in [-0.15, -0.1) is 0 Å². The summed E-state index contributed by atoms with van der Waals surface area (Å²) in [7, 11) is 4.02. The molecule has 2 heterocycles. The number of amides is 4. The maximum atomic E-state index is 12.3. The second-order valence-corrected chi connectivity index (χ2v) is 5.26. The van der Waals surface area contributed by atoms with Crippen LogP contribution in [0.1, 0.15) is 22.0 Å². The smallest absolute Gasteiger partial charge is 0.343 e. The number of nitrogens with one attached hydrogen (secondary N) is 1. The van der Waals surface area contributed by atoms with E-state index in [4.69, 9.17) is 14.2 Å². The van der Waals surface area contributed by atoms with Gasteiger partial charge in [0.25, 0.3) is 0 Å². The molecular weight excluding hydrogens is 320 g/mol. The standard InChI is InChI=1S/C15H14N2O7/c1-17-13(19)9(12(18)16-15(17)21)10-6-4-5-7(22-2)11(23-3)8(6)14(20)24-10/h4-5,9-10H,1-3H3,(H,16,18,21). The number of benzene rings is 1. The van der Waals surface area contributed by atoms with Crippen molar-refractivity contribution in [2.75, 3.05) is 21.3 Å². The number of esters is 1. The lowest BCUT2D eigenvalue weighted by Gasteiger charge is -2.30. The van der Waals surface area contributed by atoms with Gasteiger partial charge in [0.05, 0.1) is 14.2 Å². The Morgan fingerprint density at radius 1 is 1.12 bits per heavy atom. The third-order valence-electron chi connectivity index (χ3n) is 4.04. The van der Waals surface area contributed by atoms with Crippen molar-refractivity contribution in [2.45, 2.75) is 6.10 Å². The van der Waals surface area contributed by atoms with Gasteiger partial charge >= 0.3 is 12.0 Å². The summed E-state index contributed by atoms with van der Waals surface area (Å²) >= 11 is 0. The number of nitrogens with zero attached hydrogens (tertiary/aromatic N) is 1. The van der Waals surface area contributed by atoms with Gasteiger partial charge in [0.1, 0.15) is 11.7 Å². The summed E-state index contributed by atoms with van der Waals surface area (Å²) in [5.74, 6) is -3.16. The van der Waals surface area contributed by atoms with E-state index in [-0.39, 0.29) is 11.3 Å². The quantitative estimate of drug-likeness (QED) is 0.622. The molecule has 126 valence electrons. The summed E-state index contributed by atoms with van der Waals surface area (Å²) in [4.78, 5) is 49.0. The van der Waals surface area contributed by atoms with Crippen LogP contribution in [0.4, 0.5) is 4.79 Å². The molecule has 24 heavy (non-hydrogen) atoms. The first-order chi connectivity index (χ1) is 11.4. The van der Waals surface area contributed by atoms with Crippen LogP contribution in [-0.4, -0.2) is 50.0 Å². The minimum Gasteiger partial charge on any atom is -0.493 e. The van der Waals surface area contributed by atoms with Gasteiger partial charge in [0.15, 0.2) is 17.4 Å². The normalized spacial score (nSPS) is 22.9. The molecule has 0 aliphatic carbocycles. The predicted molar refractivity (Wildman–Crippen MR) is 77.5 cm³/mol. The summed E-state index contributed by atoms with van der Waals surface area (Å²) in [5.41, 5.74) is 0.427. The number of hydrogen-bond donors (Lipinski definition) is 1. The molecule has 0 spiro atoms. The Balaban J connectivity index is 2.08. The van der Waals surface area contributed by atoms with Gasteiger partial charge < -0.3 is 14.2 Å². The summed E-state index contributed by atoms with van der Waals surface area (Å²) < 4.78 is 15.6. The molecule has 2 aliphatic heterocycles. The van der Waals surface area contributed by atoms with E-state index in [0.29, 0.717) is 11.3 Å². The van der Waals surface area contributed by atoms with Gasteiger partial charge in [-0.1, -0.05) is 6.07 Å². The molecule has 1 aromatic rings. The molecule has 1 aromatic carbocycles. The van der Waals surface area contributed by atoms with Crippen molar-refractivity contribution in [3.8, 4) is 11.5 Å². The molecule has 9 nitrogen and oxygen atoms in total. The summed E-state index contributed by atoms with van der Waals surface area (Å²) in [5, 5.41) is 2.06. The van der Waals surface area contributed by atoms with Crippen molar-refractivity contribution in [3.63, 3.8) is 0 Å². The van der Waals surface area contributed by atoms with Crippen molar-refractivity contribution >= 4 is 23.8 Å². The number of rotatable bonds is 3. The van der Waals surface area contributed by atoms with E-state index < -0.39 is 35.8 Å². The van der Waals surface area contributed by atoms with Crippen LogP contribution in [0.2, 0.25) is 0 Å². The number of urea groups is 1. The minimum absolute atomic E-state index is 0.0991. The van der Waals surface area contributed by atoms with Crippen LogP contribution in [0.15, 0.2) is 12.1 Å². The molecule has 0 bridgehead atoms. The van der Waals surface area contributed by atoms with Gasteiger partial charge in [-0.2, -0.15) is 0 Å². The highest BCUT2D eigenvalue weighted by Gasteiger charge is 2.50. The number of carbonyl (C=O) groups is 4. The number of cyclic esters (lactones) is 1. The number of fused-ring (bicyclic) bond motifs is 1. The SMILES string of the molecule is COc1ccc2c(c1OC)C(=O)OC2C1C(=O)NC(=O)N(C)C1=O. The van der Waals surface area contributed by atoms with E-state index in [0.717, 1.165) is 4.90 Å². The Labute approximate surface area is 136 Å². The molecule has 1 N–H and O–H groups in total. The fourth-order valence-electron chi connectivity index (χ4n) is 2.83. The largest absolute Gasteiger partial charge is 0.493 e. The molecule has 0 aromatic heterocycles. The average molecular weight is 334 g/mol. The molecule has 2 unspecified atom stereocenters. The lowest BCUT2D eigenvalue weighted by molar-refractivity contribution is -0.146. The highest BCUT2D eigenvalue weighted by molar-refractivity contribution is 6.17. The molecule has 2 aliphatic rings. The van der Waals surface area contributed by atoms with Crippen LogP contribution in [0, 0.1) is 5.92 Å². The molecule has 9 heteroatoms. The molecule has 0 radical (unpaired) electrons. The third kappa shape index (κ3) is 2.08.